The second-order valence-electron chi connectivity index (χ2n) is 7.57. The molecular weight excluding hydrogens is 456 g/mol. The lowest BCUT2D eigenvalue weighted by atomic mass is 9.96. The summed E-state index contributed by atoms with van der Waals surface area (Å²) in [6.45, 7) is 0. The number of carbonyl (C=O) groups is 1. The highest BCUT2D eigenvalue weighted by Crippen LogP contribution is 2.41. The van der Waals surface area contributed by atoms with Gasteiger partial charge in [-0.05, 0) is 48.5 Å². The summed E-state index contributed by atoms with van der Waals surface area (Å²) >= 11 is 6.35. The number of carbonyl (C=O) groups excluding carboxylic acids is 1. The summed E-state index contributed by atoms with van der Waals surface area (Å²) in [5.74, 6) is 2.16. The molecule has 0 saturated heterocycles. The van der Waals surface area contributed by atoms with Crippen LogP contribution in [0.5, 0.6) is 23.0 Å². The molecule has 0 saturated carbocycles. The van der Waals surface area contributed by atoms with Gasteiger partial charge in [0.1, 0.15) is 11.5 Å². The molecule has 1 amide bonds. The standard InChI is InChI=1S/C26H25ClN2O5/c1-31-17-10-12-23(32-2)19(14-17)22-15-21(16-9-11-24(33-3)25(13-16)34-4)28-29(22)26(30)18-7-5-6-8-20(18)27/h5-14,22H,15H2,1-4H3/t22-/m1/s1. The average Bonchev–Trinajstić information content (AvgIpc) is 3.33. The van der Waals surface area contributed by atoms with Crippen molar-refractivity contribution in [1.29, 1.82) is 0 Å². The summed E-state index contributed by atoms with van der Waals surface area (Å²) in [5, 5.41) is 6.57. The van der Waals surface area contributed by atoms with E-state index in [-0.39, 0.29) is 5.91 Å². The van der Waals surface area contributed by atoms with E-state index in [2.05, 4.69) is 0 Å². The molecular formula is C26H25ClN2O5. The highest BCUT2D eigenvalue weighted by atomic mass is 35.5. The van der Waals surface area contributed by atoms with Crippen LogP contribution >= 0.6 is 11.6 Å². The maximum Gasteiger partial charge on any atom is 0.276 e. The minimum atomic E-state index is -0.433. The van der Waals surface area contributed by atoms with Gasteiger partial charge in [-0.2, -0.15) is 5.10 Å². The van der Waals surface area contributed by atoms with Crippen molar-refractivity contribution < 1.29 is 23.7 Å². The van der Waals surface area contributed by atoms with Crippen LogP contribution in [0.15, 0.2) is 65.8 Å². The molecule has 1 atom stereocenters. The first-order valence-corrected chi connectivity index (χ1v) is 11.0. The Kier molecular flexibility index (Phi) is 6.93. The highest BCUT2D eigenvalue weighted by molar-refractivity contribution is 6.33. The van der Waals surface area contributed by atoms with E-state index in [9.17, 15) is 4.79 Å². The molecule has 34 heavy (non-hydrogen) atoms. The molecule has 7 nitrogen and oxygen atoms in total. The monoisotopic (exact) mass is 480 g/mol. The molecule has 0 aliphatic carbocycles. The lowest BCUT2D eigenvalue weighted by Gasteiger charge is -2.24. The van der Waals surface area contributed by atoms with E-state index in [1.165, 1.54) is 5.01 Å². The third-order valence-electron chi connectivity index (χ3n) is 5.74. The molecule has 0 N–H and O–H groups in total. The maximum absolute atomic E-state index is 13.6. The Morgan fingerprint density at radius 3 is 2.26 bits per heavy atom. The molecule has 0 bridgehead atoms. The Balaban J connectivity index is 1.82. The first-order chi connectivity index (χ1) is 16.5. The zero-order valence-corrected chi connectivity index (χ0v) is 20.1. The van der Waals surface area contributed by atoms with Crippen LogP contribution in [0.3, 0.4) is 0 Å². The van der Waals surface area contributed by atoms with Crippen LogP contribution in [0.25, 0.3) is 0 Å². The number of hydrogen-bond donors (Lipinski definition) is 0. The number of benzene rings is 3. The predicted molar refractivity (Wildman–Crippen MR) is 131 cm³/mol. The van der Waals surface area contributed by atoms with Gasteiger partial charge in [-0.3, -0.25) is 4.79 Å². The fourth-order valence-corrected chi connectivity index (χ4v) is 4.20. The van der Waals surface area contributed by atoms with Crippen LogP contribution in [0.4, 0.5) is 0 Å². The molecule has 1 aliphatic heterocycles. The summed E-state index contributed by atoms with van der Waals surface area (Å²) < 4.78 is 21.9. The number of halogens is 1. The molecule has 0 aromatic heterocycles. The molecule has 0 unspecified atom stereocenters. The SMILES string of the molecule is COc1ccc(OC)c([C@H]2CC(c3ccc(OC)c(OC)c3)=NN2C(=O)c2ccccc2Cl)c1. The van der Waals surface area contributed by atoms with Crippen LogP contribution in [-0.4, -0.2) is 45.1 Å². The number of ether oxygens (including phenoxy) is 4. The third kappa shape index (κ3) is 4.39. The Labute approximate surface area is 203 Å². The van der Waals surface area contributed by atoms with Gasteiger partial charge in [0.2, 0.25) is 0 Å². The second kappa shape index (κ2) is 10.1. The van der Waals surface area contributed by atoms with E-state index >= 15 is 0 Å². The molecule has 0 spiro atoms. The zero-order valence-electron chi connectivity index (χ0n) is 19.4. The summed E-state index contributed by atoms with van der Waals surface area (Å²) in [4.78, 5) is 13.6. The molecule has 0 radical (unpaired) electrons. The van der Waals surface area contributed by atoms with Gasteiger partial charge in [0, 0.05) is 17.5 Å². The molecule has 0 fully saturated rings. The highest BCUT2D eigenvalue weighted by Gasteiger charge is 2.36. The molecule has 4 rings (SSSR count). The van der Waals surface area contributed by atoms with Gasteiger partial charge in [0.05, 0.1) is 50.8 Å². The van der Waals surface area contributed by atoms with Crippen molar-refractivity contribution in [2.75, 3.05) is 28.4 Å². The van der Waals surface area contributed by atoms with Crippen molar-refractivity contribution in [3.05, 3.63) is 82.4 Å². The molecule has 1 heterocycles. The Hall–Kier alpha value is -3.71. The van der Waals surface area contributed by atoms with E-state index in [0.29, 0.717) is 40.0 Å². The molecule has 3 aromatic carbocycles. The van der Waals surface area contributed by atoms with Gasteiger partial charge in [-0.25, -0.2) is 5.01 Å². The molecule has 8 heteroatoms. The second-order valence-corrected chi connectivity index (χ2v) is 7.98. The number of hydrogen-bond acceptors (Lipinski definition) is 6. The lowest BCUT2D eigenvalue weighted by molar-refractivity contribution is 0.0709. The fraction of sp³-hybridized carbons (Fsp3) is 0.231. The van der Waals surface area contributed by atoms with Crippen molar-refractivity contribution in [1.82, 2.24) is 5.01 Å². The summed E-state index contributed by atoms with van der Waals surface area (Å²) in [6, 6.07) is 17.6. The van der Waals surface area contributed by atoms with Gasteiger partial charge in [0.15, 0.2) is 11.5 Å². The van der Waals surface area contributed by atoms with Crippen LogP contribution in [0.2, 0.25) is 5.02 Å². The van der Waals surface area contributed by atoms with Gasteiger partial charge < -0.3 is 18.9 Å². The minimum Gasteiger partial charge on any atom is -0.497 e. The minimum absolute atomic E-state index is 0.309. The Morgan fingerprint density at radius 1 is 0.882 bits per heavy atom. The largest absolute Gasteiger partial charge is 0.497 e. The maximum atomic E-state index is 13.6. The smallest absolute Gasteiger partial charge is 0.276 e. The van der Waals surface area contributed by atoms with Gasteiger partial charge >= 0.3 is 0 Å². The molecule has 1 aliphatic rings. The number of amides is 1. The normalized spacial score (nSPS) is 15.0. The molecule has 176 valence electrons. The first kappa shape index (κ1) is 23.4. The van der Waals surface area contributed by atoms with Crippen molar-refractivity contribution in [2.24, 2.45) is 5.10 Å². The zero-order chi connectivity index (χ0) is 24.2. The van der Waals surface area contributed by atoms with E-state index < -0.39 is 6.04 Å². The van der Waals surface area contributed by atoms with Gasteiger partial charge in [-0.1, -0.05) is 23.7 Å². The van der Waals surface area contributed by atoms with E-state index in [4.69, 9.17) is 35.6 Å². The first-order valence-electron chi connectivity index (χ1n) is 10.6. The number of methoxy groups -OCH3 is 4. The Bertz CT molecular complexity index is 1240. The van der Waals surface area contributed by atoms with Crippen LogP contribution in [-0.2, 0) is 0 Å². The summed E-state index contributed by atoms with van der Waals surface area (Å²) in [5.41, 5.74) is 2.69. The van der Waals surface area contributed by atoms with Crippen molar-refractivity contribution in [3.8, 4) is 23.0 Å². The fourth-order valence-electron chi connectivity index (χ4n) is 3.99. The van der Waals surface area contributed by atoms with E-state index in [1.54, 1.807) is 52.7 Å². The number of hydrazone groups is 1. The lowest BCUT2D eigenvalue weighted by Crippen LogP contribution is -2.27. The molecule has 3 aromatic rings. The van der Waals surface area contributed by atoms with Gasteiger partial charge in [0.25, 0.3) is 5.91 Å². The van der Waals surface area contributed by atoms with Crippen LogP contribution in [0, 0.1) is 0 Å². The topological polar surface area (TPSA) is 69.6 Å². The average molecular weight is 481 g/mol. The van der Waals surface area contributed by atoms with Crippen molar-refractivity contribution in [3.63, 3.8) is 0 Å². The Morgan fingerprint density at radius 2 is 1.59 bits per heavy atom. The summed E-state index contributed by atoms with van der Waals surface area (Å²) in [7, 11) is 6.35. The van der Waals surface area contributed by atoms with Crippen molar-refractivity contribution in [2.45, 2.75) is 12.5 Å². The van der Waals surface area contributed by atoms with Crippen LogP contribution < -0.4 is 18.9 Å². The number of rotatable bonds is 7. The third-order valence-corrected chi connectivity index (χ3v) is 6.06. The predicted octanol–water partition coefficient (Wildman–Crippen LogP) is 5.37. The van der Waals surface area contributed by atoms with Crippen LogP contribution in [0.1, 0.15) is 33.9 Å². The van der Waals surface area contributed by atoms with E-state index in [0.717, 1.165) is 16.8 Å². The van der Waals surface area contributed by atoms with Crippen molar-refractivity contribution >= 4 is 23.2 Å². The quantitative estimate of drug-likeness (QED) is 0.455. The van der Waals surface area contributed by atoms with E-state index in [1.807, 2.05) is 36.4 Å². The summed E-state index contributed by atoms with van der Waals surface area (Å²) in [6.07, 6.45) is 0.454. The van der Waals surface area contributed by atoms with Gasteiger partial charge in [-0.15, -0.1) is 0 Å². The number of nitrogens with zero attached hydrogens (tertiary/aromatic N) is 2.